The lowest BCUT2D eigenvalue weighted by Gasteiger charge is -2.40. The summed E-state index contributed by atoms with van der Waals surface area (Å²) in [5.74, 6) is 4.40. The Kier molecular flexibility index (Phi) is 15.8. The van der Waals surface area contributed by atoms with Crippen LogP contribution in [0.5, 0.6) is 5.75 Å². The molecule has 14 heteroatoms. The van der Waals surface area contributed by atoms with E-state index in [1.807, 2.05) is 24.3 Å². The van der Waals surface area contributed by atoms with Gasteiger partial charge in [-0.15, -0.1) is 0 Å². The predicted octanol–water partition coefficient (Wildman–Crippen LogP) is 0.466. The maximum absolute atomic E-state index is 10.4. The van der Waals surface area contributed by atoms with Gasteiger partial charge in [-0.1, -0.05) is 47.7 Å². The normalized spacial score (nSPS) is 26.5. The molecular formula is C33H43ClN2O11. The largest absolute Gasteiger partial charge is 0.481 e. The molecular weight excluding hydrogens is 636 g/mol. The zero-order valence-corrected chi connectivity index (χ0v) is 26.6. The Bertz CT molecular complexity index is 1310. The fourth-order valence-corrected chi connectivity index (χ4v) is 5.41. The third kappa shape index (κ3) is 11.7. The topological polar surface area (TPSA) is 218 Å². The third-order valence-corrected chi connectivity index (χ3v) is 8.21. The number of halogens is 1. The van der Waals surface area contributed by atoms with Gasteiger partial charge in [0.25, 0.3) is 0 Å². The number of carboxylic acid groups (broad SMARTS) is 2. The number of aliphatic hydroxyl groups is 5. The van der Waals surface area contributed by atoms with Crippen LogP contribution in [-0.2, 0) is 20.7 Å². The van der Waals surface area contributed by atoms with Crippen LogP contribution in [-0.4, -0.2) is 117 Å². The molecule has 0 saturated carbocycles. The molecule has 2 aromatic carbocycles. The van der Waals surface area contributed by atoms with Crippen molar-refractivity contribution in [2.24, 2.45) is 0 Å². The van der Waals surface area contributed by atoms with E-state index in [0.29, 0.717) is 22.8 Å². The van der Waals surface area contributed by atoms with Crippen LogP contribution in [0, 0.1) is 11.8 Å². The zero-order chi connectivity index (χ0) is 34.3. The van der Waals surface area contributed by atoms with Crippen LogP contribution in [0.2, 0.25) is 5.02 Å². The number of ether oxygens (including phenoxy) is 2. The second-order valence-electron chi connectivity index (χ2n) is 11.2. The van der Waals surface area contributed by atoms with Crippen LogP contribution in [0.3, 0.4) is 0 Å². The molecule has 0 aromatic heterocycles. The molecule has 0 unspecified atom stereocenters. The van der Waals surface area contributed by atoms with Gasteiger partial charge in [0.2, 0.25) is 0 Å². The number of carboxylic acids is 2. The molecule has 258 valence electrons. The highest BCUT2D eigenvalue weighted by atomic mass is 35.5. The van der Waals surface area contributed by atoms with Gasteiger partial charge >= 0.3 is 11.9 Å². The molecule has 47 heavy (non-hydrogen) atoms. The van der Waals surface area contributed by atoms with Crippen LogP contribution >= 0.6 is 11.6 Å². The van der Waals surface area contributed by atoms with E-state index in [0.717, 1.165) is 49.9 Å². The zero-order valence-electron chi connectivity index (χ0n) is 25.8. The van der Waals surface area contributed by atoms with E-state index in [9.17, 15) is 30.0 Å². The number of rotatable bonds is 8. The maximum Gasteiger partial charge on any atom is 0.320 e. The minimum absolute atomic E-state index is 0.187. The molecule has 3 saturated heterocycles. The van der Waals surface area contributed by atoms with Crippen LogP contribution in [0.1, 0.15) is 48.5 Å². The highest BCUT2D eigenvalue weighted by Crippen LogP contribution is 2.34. The molecule has 2 aromatic rings. The van der Waals surface area contributed by atoms with Crippen LogP contribution in [0.4, 0.5) is 0 Å². The number of aliphatic carboxylic acids is 2. The summed E-state index contributed by atoms with van der Waals surface area (Å²) in [6, 6.07) is 12.0. The Morgan fingerprint density at radius 3 is 1.98 bits per heavy atom. The minimum atomic E-state index is -1.44. The first kappa shape index (κ1) is 38.2. The van der Waals surface area contributed by atoms with E-state index in [2.05, 4.69) is 22.5 Å². The summed E-state index contributed by atoms with van der Waals surface area (Å²) < 4.78 is 11.1. The lowest BCUT2D eigenvalue weighted by atomic mass is 9.90. The van der Waals surface area contributed by atoms with Crippen molar-refractivity contribution in [2.45, 2.75) is 74.7 Å². The number of hydrogen-bond acceptors (Lipinski definition) is 11. The number of nitrogens with one attached hydrogen (secondary N) is 2. The molecule has 9 N–H and O–H groups in total. The minimum Gasteiger partial charge on any atom is -0.481 e. The standard InChI is InChI=1S/C23H25ClO7.2C5H9NO2/c24-18-8-5-15(23-22(29)21(28)20(27)19(13-26)31-23)12-16(18)11-14-3-6-17(7-4-14)30-10-2-1-9-25;2*7-5(8)4-2-1-3-6-4/h3-8,12,19-23,25-29H,9-11,13H2;2*4,6H,1-3H2,(H,7,8)/t19-,20-,21+,22-,23+;2*4-/m100/s1. The molecule has 3 aliphatic heterocycles. The van der Waals surface area contributed by atoms with Crippen molar-refractivity contribution < 1.29 is 54.8 Å². The van der Waals surface area contributed by atoms with E-state index >= 15 is 0 Å². The summed E-state index contributed by atoms with van der Waals surface area (Å²) in [5, 5.41) is 71.4. The van der Waals surface area contributed by atoms with Crippen molar-refractivity contribution >= 4 is 23.5 Å². The lowest BCUT2D eigenvalue weighted by Crippen LogP contribution is -2.55. The summed E-state index contributed by atoms with van der Waals surface area (Å²) in [6.45, 7) is 1.22. The van der Waals surface area contributed by atoms with Crippen molar-refractivity contribution in [3.63, 3.8) is 0 Å². The summed E-state index contributed by atoms with van der Waals surface area (Å²) >= 11 is 6.37. The first-order valence-electron chi connectivity index (χ1n) is 15.3. The third-order valence-electron chi connectivity index (χ3n) is 7.84. The molecule has 0 aliphatic carbocycles. The Balaban J connectivity index is 0.000000303. The van der Waals surface area contributed by atoms with Crippen LogP contribution < -0.4 is 15.4 Å². The first-order valence-corrected chi connectivity index (χ1v) is 15.7. The summed E-state index contributed by atoms with van der Waals surface area (Å²) in [5.41, 5.74) is 2.35. The SMILES string of the molecule is O=C(O)[C@@H]1CCCN1.O=C(O)[C@@H]1CCCN1.OCC#CCOc1ccc(Cc2cc([C@@H]3O[C@H](CO)[C@@H](O)[C@H](O)[C@H]3O)ccc2Cl)cc1. The molecule has 0 amide bonds. The molecule has 7 atom stereocenters. The highest BCUT2D eigenvalue weighted by Gasteiger charge is 2.44. The van der Waals surface area contributed by atoms with Crippen LogP contribution in [0.15, 0.2) is 42.5 Å². The summed E-state index contributed by atoms with van der Waals surface area (Å²) in [4.78, 5) is 20.3. The second kappa shape index (κ2) is 19.5. The maximum atomic E-state index is 10.4. The first-order chi connectivity index (χ1) is 22.5. The van der Waals surface area contributed by atoms with Gasteiger partial charge in [0, 0.05) is 5.02 Å². The Hall–Kier alpha value is -3.29. The van der Waals surface area contributed by atoms with Gasteiger partial charge in [-0.2, -0.15) is 0 Å². The van der Waals surface area contributed by atoms with Crippen molar-refractivity contribution in [3.8, 4) is 17.6 Å². The van der Waals surface area contributed by atoms with E-state index in [1.165, 1.54) is 0 Å². The van der Waals surface area contributed by atoms with Gasteiger partial charge in [0.1, 0.15) is 61.6 Å². The average Bonchev–Trinajstić information content (AvgIpc) is 3.81. The van der Waals surface area contributed by atoms with Gasteiger partial charge in [0.15, 0.2) is 0 Å². The average molecular weight is 679 g/mol. The number of benzene rings is 2. The molecule has 3 aliphatic rings. The quantitative estimate of drug-likeness (QED) is 0.174. The highest BCUT2D eigenvalue weighted by molar-refractivity contribution is 6.31. The van der Waals surface area contributed by atoms with Gasteiger partial charge in [-0.25, -0.2) is 0 Å². The summed E-state index contributed by atoms with van der Waals surface area (Å²) in [6.07, 6.45) is -2.01. The van der Waals surface area contributed by atoms with Gasteiger partial charge in [0.05, 0.1) is 6.61 Å². The Morgan fingerprint density at radius 1 is 0.872 bits per heavy atom. The second-order valence-corrected chi connectivity index (χ2v) is 11.6. The van der Waals surface area contributed by atoms with E-state index in [4.69, 9.17) is 36.4 Å². The molecule has 3 heterocycles. The smallest absolute Gasteiger partial charge is 0.320 e. The Labute approximate surface area is 278 Å². The van der Waals surface area contributed by atoms with Crippen molar-refractivity contribution in [2.75, 3.05) is 32.9 Å². The molecule has 0 spiro atoms. The lowest BCUT2D eigenvalue weighted by molar-refractivity contribution is -0.231. The predicted molar refractivity (Wildman–Crippen MR) is 171 cm³/mol. The summed E-state index contributed by atoms with van der Waals surface area (Å²) in [7, 11) is 0. The number of aliphatic hydroxyl groups excluding tert-OH is 5. The fourth-order valence-electron chi connectivity index (χ4n) is 5.22. The molecule has 0 radical (unpaired) electrons. The molecule has 0 bridgehead atoms. The van der Waals surface area contributed by atoms with Gasteiger partial charge in [-0.3, -0.25) is 9.59 Å². The van der Waals surface area contributed by atoms with E-state index in [1.54, 1.807) is 18.2 Å². The number of hydrogen-bond donors (Lipinski definition) is 9. The van der Waals surface area contributed by atoms with Gasteiger partial charge in [-0.05, 0) is 80.1 Å². The van der Waals surface area contributed by atoms with E-state index in [-0.39, 0.29) is 25.3 Å². The number of carbonyl (C=O) groups is 2. The van der Waals surface area contributed by atoms with Crippen molar-refractivity contribution in [1.29, 1.82) is 0 Å². The van der Waals surface area contributed by atoms with Crippen molar-refractivity contribution in [3.05, 3.63) is 64.2 Å². The molecule has 5 rings (SSSR count). The molecule has 13 nitrogen and oxygen atoms in total. The Morgan fingerprint density at radius 2 is 1.49 bits per heavy atom. The van der Waals surface area contributed by atoms with Crippen molar-refractivity contribution in [1.82, 2.24) is 10.6 Å². The van der Waals surface area contributed by atoms with Crippen LogP contribution in [0.25, 0.3) is 0 Å². The molecule has 3 fully saturated rings. The fraction of sp³-hybridized carbons (Fsp3) is 0.515. The van der Waals surface area contributed by atoms with Gasteiger partial charge < -0.3 is 55.9 Å². The monoisotopic (exact) mass is 678 g/mol. The van der Waals surface area contributed by atoms with E-state index < -0.39 is 49.1 Å².